The Kier molecular flexibility index (Phi) is 9.42. The van der Waals surface area contributed by atoms with Crippen LogP contribution in [0.1, 0.15) is 87.5 Å². The van der Waals surface area contributed by atoms with Crippen LogP contribution >= 0.6 is 0 Å². The molecule has 0 bridgehead atoms. The van der Waals surface area contributed by atoms with Gasteiger partial charge in [-0.3, -0.25) is 4.79 Å². The van der Waals surface area contributed by atoms with Crippen LogP contribution in [0.25, 0.3) is 0 Å². The number of nitrogens with two attached hydrogens (primary N) is 1. The summed E-state index contributed by atoms with van der Waals surface area (Å²) in [4.78, 5) is 12.1. The third-order valence-corrected chi connectivity index (χ3v) is 4.11. The number of carbonyl (C=O) groups is 1. The van der Waals surface area contributed by atoms with Gasteiger partial charge in [0.1, 0.15) is 6.10 Å². The van der Waals surface area contributed by atoms with Crippen molar-refractivity contribution in [2.24, 2.45) is 28.4 Å². The van der Waals surface area contributed by atoms with Crippen LogP contribution in [0.4, 0.5) is 0 Å². The molecule has 0 aliphatic heterocycles. The van der Waals surface area contributed by atoms with E-state index in [1.165, 1.54) is 0 Å². The van der Waals surface area contributed by atoms with Crippen molar-refractivity contribution in [1.29, 1.82) is 0 Å². The normalized spacial score (nSPS) is 15.6. The molecular weight excluding hydrogens is 286 g/mol. The van der Waals surface area contributed by atoms with Crippen LogP contribution in [-0.2, 0) is 9.53 Å². The van der Waals surface area contributed by atoms with Crippen LogP contribution in [-0.4, -0.2) is 18.6 Å². The van der Waals surface area contributed by atoms with Gasteiger partial charge in [-0.1, -0.05) is 55.4 Å². The highest BCUT2D eigenvalue weighted by Crippen LogP contribution is 2.39. The molecule has 0 aliphatic rings. The molecule has 0 aromatic rings. The van der Waals surface area contributed by atoms with Crippen LogP contribution in [0, 0.1) is 22.7 Å². The predicted octanol–water partition coefficient (Wildman–Crippen LogP) is 5.17. The van der Waals surface area contributed by atoms with Crippen LogP contribution in [0.15, 0.2) is 0 Å². The Morgan fingerprint density at radius 1 is 1.09 bits per heavy atom. The highest BCUT2D eigenvalue weighted by molar-refractivity contribution is 5.69. The van der Waals surface area contributed by atoms with Crippen molar-refractivity contribution in [2.75, 3.05) is 6.54 Å². The minimum absolute atomic E-state index is 0.0000227. The number of rotatable bonds is 10. The van der Waals surface area contributed by atoms with E-state index < -0.39 is 0 Å². The summed E-state index contributed by atoms with van der Waals surface area (Å²) >= 11 is 0. The molecule has 138 valence electrons. The lowest BCUT2D eigenvalue weighted by atomic mass is 9.72. The zero-order valence-corrected chi connectivity index (χ0v) is 16.9. The molecule has 0 heterocycles. The first-order valence-corrected chi connectivity index (χ1v) is 9.26. The molecular formula is C20H41NO2. The first-order valence-electron chi connectivity index (χ1n) is 9.26. The lowest BCUT2D eigenvalue weighted by molar-refractivity contribution is -0.154. The average Bonchev–Trinajstić information content (AvgIpc) is 2.31. The molecule has 3 nitrogen and oxygen atoms in total. The van der Waals surface area contributed by atoms with E-state index in [-0.39, 0.29) is 22.9 Å². The maximum atomic E-state index is 12.1. The van der Waals surface area contributed by atoms with Crippen molar-refractivity contribution in [1.82, 2.24) is 0 Å². The van der Waals surface area contributed by atoms with Crippen LogP contribution in [0.2, 0.25) is 0 Å². The minimum atomic E-state index is -0.0948. The Morgan fingerprint density at radius 2 is 1.65 bits per heavy atom. The largest absolute Gasteiger partial charge is 0.462 e. The van der Waals surface area contributed by atoms with Crippen molar-refractivity contribution in [3.63, 3.8) is 0 Å². The molecule has 23 heavy (non-hydrogen) atoms. The van der Waals surface area contributed by atoms with E-state index in [0.29, 0.717) is 31.2 Å². The van der Waals surface area contributed by atoms with E-state index in [2.05, 4.69) is 55.4 Å². The molecule has 3 heteroatoms. The Bertz CT molecular complexity index is 342. The molecule has 0 saturated carbocycles. The van der Waals surface area contributed by atoms with E-state index in [1.807, 2.05) is 0 Å². The quantitative estimate of drug-likeness (QED) is 0.563. The summed E-state index contributed by atoms with van der Waals surface area (Å²) in [6.45, 7) is 18.6. The first kappa shape index (κ1) is 22.4. The summed E-state index contributed by atoms with van der Waals surface area (Å²) in [5.41, 5.74) is 5.93. The Labute approximate surface area is 144 Å². The second kappa shape index (κ2) is 9.66. The highest BCUT2D eigenvalue weighted by atomic mass is 16.5. The molecule has 0 spiro atoms. The summed E-state index contributed by atoms with van der Waals surface area (Å²) < 4.78 is 5.87. The Balaban J connectivity index is 4.93. The van der Waals surface area contributed by atoms with E-state index in [9.17, 15) is 4.79 Å². The number of hydrogen-bond donors (Lipinski definition) is 1. The van der Waals surface area contributed by atoms with E-state index in [0.717, 1.165) is 19.3 Å². The van der Waals surface area contributed by atoms with Gasteiger partial charge in [0.2, 0.25) is 0 Å². The molecule has 2 atom stereocenters. The smallest absolute Gasteiger partial charge is 0.306 e. The summed E-state index contributed by atoms with van der Waals surface area (Å²) in [7, 11) is 0. The average molecular weight is 328 g/mol. The molecule has 0 fully saturated rings. The molecule has 0 rings (SSSR count). The topological polar surface area (TPSA) is 52.3 Å². The minimum Gasteiger partial charge on any atom is -0.462 e. The SMILES string of the molecule is CC(C)CC(C)C(CC(C)(C)CC(C)(C)C)OC(=O)CCCN. The first-order chi connectivity index (χ1) is 10.4. The zero-order valence-electron chi connectivity index (χ0n) is 16.9. The van der Waals surface area contributed by atoms with Gasteiger partial charge in [0.05, 0.1) is 0 Å². The number of esters is 1. The molecule has 0 aromatic heterocycles. The maximum absolute atomic E-state index is 12.1. The van der Waals surface area contributed by atoms with Crippen molar-refractivity contribution in [3.05, 3.63) is 0 Å². The third-order valence-electron chi connectivity index (χ3n) is 4.11. The van der Waals surface area contributed by atoms with E-state index in [4.69, 9.17) is 10.5 Å². The van der Waals surface area contributed by atoms with Gasteiger partial charge in [-0.2, -0.15) is 0 Å². The van der Waals surface area contributed by atoms with E-state index >= 15 is 0 Å². The predicted molar refractivity (Wildman–Crippen MR) is 99.3 cm³/mol. The number of ether oxygens (including phenoxy) is 1. The Hall–Kier alpha value is -0.570. The highest BCUT2D eigenvalue weighted by Gasteiger charge is 2.32. The second-order valence-electron chi connectivity index (χ2n) is 9.63. The molecule has 0 amide bonds. The standard InChI is InChI=1S/C20H41NO2/c1-15(2)12-16(3)17(23-18(22)10-9-11-21)13-20(7,8)14-19(4,5)6/h15-17H,9-14,21H2,1-8H3. The second-order valence-corrected chi connectivity index (χ2v) is 9.63. The molecule has 0 aliphatic carbocycles. The van der Waals surface area contributed by atoms with Crippen molar-refractivity contribution in [3.8, 4) is 0 Å². The van der Waals surface area contributed by atoms with Gasteiger partial charge < -0.3 is 10.5 Å². The zero-order chi connectivity index (χ0) is 18.3. The lowest BCUT2D eigenvalue weighted by Crippen LogP contribution is -2.33. The molecule has 2 unspecified atom stereocenters. The summed E-state index contributed by atoms with van der Waals surface area (Å²) in [6.07, 6.45) is 4.26. The van der Waals surface area contributed by atoms with Gasteiger partial charge in [0.15, 0.2) is 0 Å². The number of hydrogen-bond acceptors (Lipinski definition) is 3. The molecule has 0 radical (unpaired) electrons. The molecule has 2 N–H and O–H groups in total. The van der Waals surface area contributed by atoms with Crippen molar-refractivity contribution in [2.45, 2.75) is 93.6 Å². The maximum Gasteiger partial charge on any atom is 0.306 e. The Morgan fingerprint density at radius 3 is 2.09 bits per heavy atom. The lowest BCUT2D eigenvalue weighted by Gasteiger charge is -2.37. The fourth-order valence-corrected chi connectivity index (χ4v) is 3.78. The van der Waals surface area contributed by atoms with Crippen LogP contribution in [0.3, 0.4) is 0 Å². The van der Waals surface area contributed by atoms with Gasteiger partial charge in [-0.15, -0.1) is 0 Å². The van der Waals surface area contributed by atoms with Crippen molar-refractivity contribution < 1.29 is 9.53 Å². The van der Waals surface area contributed by atoms with Gasteiger partial charge in [-0.25, -0.2) is 0 Å². The van der Waals surface area contributed by atoms with Crippen LogP contribution < -0.4 is 5.73 Å². The summed E-state index contributed by atoms with van der Waals surface area (Å²) in [6, 6.07) is 0. The fourth-order valence-electron chi connectivity index (χ4n) is 3.78. The summed E-state index contributed by atoms with van der Waals surface area (Å²) in [5, 5.41) is 0. The monoisotopic (exact) mass is 327 g/mol. The van der Waals surface area contributed by atoms with Gasteiger partial charge >= 0.3 is 5.97 Å². The van der Waals surface area contributed by atoms with Gasteiger partial charge in [0.25, 0.3) is 0 Å². The third kappa shape index (κ3) is 11.6. The fraction of sp³-hybridized carbons (Fsp3) is 0.950. The molecule has 0 aromatic carbocycles. The van der Waals surface area contributed by atoms with Gasteiger partial charge in [-0.05, 0) is 54.9 Å². The van der Waals surface area contributed by atoms with Crippen LogP contribution in [0.5, 0.6) is 0 Å². The molecule has 0 saturated heterocycles. The summed E-state index contributed by atoms with van der Waals surface area (Å²) in [5.74, 6) is 0.902. The van der Waals surface area contributed by atoms with E-state index in [1.54, 1.807) is 0 Å². The van der Waals surface area contributed by atoms with Crippen molar-refractivity contribution >= 4 is 5.97 Å². The van der Waals surface area contributed by atoms with Gasteiger partial charge in [0, 0.05) is 6.42 Å². The number of carbonyl (C=O) groups excluding carboxylic acids is 1.